The zero-order valence-corrected chi connectivity index (χ0v) is 9.84. The Morgan fingerprint density at radius 1 is 1.35 bits per heavy atom. The molecule has 0 spiro atoms. The van der Waals surface area contributed by atoms with Gasteiger partial charge < -0.3 is 5.11 Å². The second-order valence-electron chi connectivity index (χ2n) is 3.96. The van der Waals surface area contributed by atoms with E-state index in [2.05, 4.69) is 4.98 Å². The summed E-state index contributed by atoms with van der Waals surface area (Å²) in [6.07, 6.45) is 3.24. The van der Waals surface area contributed by atoms with Crippen molar-refractivity contribution in [3.05, 3.63) is 57.8 Å². The maximum Gasteiger partial charge on any atom is 0.276 e. The topological polar surface area (TPSA) is 55.1 Å². The van der Waals surface area contributed by atoms with Gasteiger partial charge in [0.25, 0.3) is 5.56 Å². The predicted molar refractivity (Wildman–Crippen MR) is 65.2 cm³/mol. The van der Waals surface area contributed by atoms with Gasteiger partial charge in [0.05, 0.1) is 6.61 Å². The first-order valence-corrected chi connectivity index (χ1v) is 5.38. The van der Waals surface area contributed by atoms with E-state index in [0.717, 1.165) is 16.8 Å². The SMILES string of the molecule is Cc1cc(-n2ccnc(C)c2=O)ccc1CO. The molecule has 0 unspecified atom stereocenters. The van der Waals surface area contributed by atoms with Gasteiger partial charge in [-0.05, 0) is 37.1 Å². The van der Waals surface area contributed by atoms with Crippen molar-refractivity contribution >= 4 is 0 Å². The van der Waals surface area contributed by atoms with E-state index in [1.807, 2.05) is 25.1 Å². The van der Waals surface area contributed by atoms with Crippen LogP contribution in [0, 0.1) is 13.8 Å². The third kappa shape index (κ3) is 2.12. The summed E-state index contributed by atoms with van der Waals surface area (Å²) in [6.45, 7) is 3.61. The highest BCUT2D eigenvalue weighted by Gasteiger charge is 2.04. The van der Waals surface area contributed by atoms with Crippen LogP contribution in [0.5, 0.6) is 0 Å². The Morgan fingerprint density at radius 2 is 2.12 bits per heavy atom. The zero-order valence-electron chi connectivity index (χ0n) is 9.84. The first-order chi connectivity index (χ1) is 8.13. The van der Waals surface area contributed by atoms with E-state index < -0.39 is 0 Å². The summed E-state index contributed by atoms with van der Waals surface area (Å²) in [7, 11) is 0. The quantitative estimate of drug-likeness (QED) is 0.847. The normalized spacial score (nSPS) is 10.5. The van der Waals surface area contributed by atoms with Gasteiger partial charge >= 0.3 is 0 Å². The number of rotatable bonds is 2. The van der Waals surface area contributed by atoms with Gasteiger partial charge in [-0.3, -0.25) is 14.3 Å². The maximum atomic E-state index is 11.9. The van der Waals surface area contributed by atoms with E-state index in [0.29, 0.717) is 5.69 Å². The summed E-state index contributed by atoms with van der Waals surface area (Å²) in [5.74, 6) is 0. The highest BCUT2D eigenvalue weighted by molar-refractivity contribution is 5.40. The van der Waals surface area contributed by atoms with Crippen LogP contribution in [-0.2, 0) is 6.61 Å². The number of aliphatic hydroxyl groups excluding tert-OH is 1. The molecule has 4 heteroatoms. The standard InChI is InChI=1S/C13H14N2O2/c1-9-7-12(4-3-11(9)8-16)15-6-5-14-10(2)13(15)17/h3-7,16H,8H2,1-2H3. The zero-order chi connectivity index (χ0) is 12.4. The molecule has 4 nitrogen and oxygen atoms in total. The molecule has 0 aliphatic rings. The molecule has 0 radical (unpaired) electrons. The molecule has 2 rings (SSSR count). The summed E-state index contributed by atoms with van der Waals surface area (Å²) in [6, 6.07) is 5.53. The fraction of sp³-hybridized carbons (Fsp3) is 0.231. The van der Waals surface area contributed by atoms with Crippen LogP contribution >= 0.6 is 0 Å². The molecule has 88 valence electrons. The number of aromatic nitrogens is 2. The van der Waals surface area contributed by atoms with E-state index in [1.165, 1.54) is 0 Å². The van der Waals surface area contributed by atoms with Crippen LogP contribution in [0.4, 0.5) is 0 Å². The van der Waals surface area contributed by atoms with Crippen molar-refractivity contribution in [3.63, 3.8) is 0 Å². The predicted octanol–water partition coefficient (Wildman–Crippen LogP) is 1.34. The average Bonchev–Trinajstić information content (AvgIpc) is 2.32. The molecule has 0 aliphatic heterocycles. The van der Waals surface area contributed by atoms with Gasteiger partial charge in [0.2, 0.25) is 0 Å². The van der Waals surface area contributed by atoms with E-state index >= 15 is 0 Å². The molecule has 0 bridgehead atoms. The lowest BCUT2D eigenvalue weighted by molar-refractivity contribution is 0.281. The molecular formula is C13H14N2O2. The lowest BCUT2D eigenvalue weighted by Gasteiger charge is -2.09. The van der Waals surface area contributed by atoms with Gasteiger partial charge in [0.1, 0.15) is 5.69 Å². The van der Waals surface area contributed by atoms with Crippen molar-refractivity contribution in [3.8, 4) is 5.69 Å². The van der Waals surface area contributed by atoms with E-state index in [9.17, 15) is 4.79 Å². The van der Waals surface area contributed by atoms with Gasteiger partial charge in [-0.2, -0.15) is 0 Å². The minimum absolute atomic E-state index is 0.0103. The van der Waals surface area contributed by atoms with E-state index in [-0.39, 0.29) is 12.2 Å². The molecule has 2 aromatic rings. The molecule has 1 aromatic heterocycles. The summed E-state index contributed by atoms with van der Waals surface area (Å²) in [5, 5.41) is 9.10. The lowest BCUT2D eigenvalue weighted by Crippen LogP contribution is -2.21. The van der Waals surface area contributed by atoms with Crippen molar-refractivity contribution in [1.82, 2.24) is 9.55 Å². The highest BCUT2D eigenvalue weighted by atomic mass is 16.3. The summed E-state index contributed by atoms with van der Waals surface area (Å²) in [5.41, 5.74) is 2.97. The third-order valence-corrected chi connectivity index (χ3v) is 2.79. The molecular weight excluding hydrogens is 216 g/mol. The Hall–Kier alpha value is -1.94. The maximum absolute atomic E-state index is 11.9. The van der Waals surface area contributed by atoms with E-state index in [4.69, 9.17) is 5.11 Å². The third-order valence-electron chi connectivity index (χ3n) is 2.79. The molecule has 17 heavy (non-hydrogen) atoms. The van der Waals surface area contributed by atoms with Gasteiger partial charge in [-0.25, -0.2) is 0 Å². The number of nitrogens with zero attached hydrogens (tertiary/aromatic N) is 2. The van der Waals surface area contributed by atoms with Crippen LogP contribution in [0.15, 0.2) is 35.4 Å². The molecule has 0 amide bonds. The average molecular weight is 230 g/mol. The molecule has 0 saturated heterocycles. The molecule has 0 atom stereocenters. The van der Waals surface area contributed by atoms with Crippen LogP contribution in [0.3, 0.4) is 0 Å². The Kier molecular flexibility index (Phi) is 3.06. The van der Waals surface area contributed by atoms with E-state index in [1.54, 1.807) is 23.9 Å². The van der Waals surface area contributed by atoms with Crippen LogP contribution in [0.2, 0.25) is 0 Å². The van der Waals surface area contributed by atoms with Gasteiger partial charge in [-0.15, -0.1) is 0 Å². The molecule has 0 fully saturated rings. The monoisotopic (exact) mass is 230 g/mol. The fourth-order valence-corrected chi connectivity index (χ4v) is 1.72. The number of aliphatic hydroxyl groups is 1. The van der Waals surface area contributed by atoms with Crippen molar-refractivity contribution in [2.24, 2.45) is 0 Å². The number of benzene rings is 1. The number of hydrogen-bond acceptors (Lipinski definition) is 3. The largest absolute Gasteiger partial charge is 0.392 e. The second kappa shape index (κ2) is 4.51. The van der Waals surface area contributed by atoms with Gasteiger partial charge in [0.15, 0.2) is 0 Å². The smallest absolute Gasteiger partial charge is 0.276 e. The Balaban J connectivity index is 2.58. The van der Waals surface area contributed by atoms with Gasteiger partial charge in [-0.1, -0.05) is 6.07 Å². The van der Waals surface area contributed by atoms with Crippen molar-refractivity contribution < 1.29 is 5.11 Å². The molecule has 0 aliphatic carbocycles. The van der Waals surface area contributed by atoms with Crippen molar-refractivity contribution in [1.29, 1.82) is 0 Å². The fourth-order valence-electron chi connectivity index (χ4n) is 1.72. The Bertz CT molecular complexity index is 603. The first kappa shape index (κ1) is 11.5. The summed E-state index contributed by atoms with van der Waals surface area (Å²) in [4.78, 5) is 15.8. The van der Waals surface area contributed by atoms with Crippen molar-refractivity contribution in [2.45, 2.75) is 20.5 Å². The Labute approximate surface area is 99.2 Å². The number of aryl methyl sites for hydroxylation is 2. The minimum Gasteiger partial charge on any atom is -0.392 e. The lowest BCUT2D eigenvalue weighted by atomic mass is 10.1. The van der Waals surface area contributed by atoms with Crippen LogP contribution < -0.4 is 5.56 Å². The summed E-state index contributed by atoms with van der Waals surface area (Å²) < 4.78 is 1.55. The number of hydrogen-bond donors (Lipinski definition) is 1. The Morgan fingerprint density at radius 3 is 2.76 bits per heavy atom. The highest BCUT2D eigenvalue weighted by Crippen LogP contribution is 2.13. The van der Waals surface area contributed by atoms with Crippen LogP contribution in [-0.4, -0.2) is 14.7 Å². The van der Waals surface area contributed by atoms with Gasteiger partial charge in [0, 0.05) is 18.1 Å². The van der Waals surface area contributed by atoms with Crippen LogP contribution in [0.25, 0.3) is 5.69 Å². The van der Waals surface area contributed by atoms with Crippen LogP contribution in [0.1, 0.15) is 16.8 Å². The first-order valence-electron chi connectivity index (χ1n) is 5.38. The summed E-state index contributed by atoms with van der Waals surface area (Å²) >= 11 is 0. The second-order valence-corrected chi connectivity index (χ2v) is 3.96. The molecule has 1 N–H and O–H groups in total. The molecule has 1 heterocycles. The van der Waals surface area contributed by atoms with Crippen molar-refractivity contribution in [2.75, 3.05) is 0 Å². The molecule has 1 aromatic carbocycles. The molecule has 0 saturated carbocycles. The minimum atomic E-state index is -0.122.